The number of nitrogens with one attached hydrogen (secondary N) is 1. The molecule has 3 aromatic rings. The van der Waals surface area contributed by atoms with Crippen LogP contribution in [0, 0.1) is 5.82 Å². The van der Waals surface area contributed by atoms with E-state index in [1.165, 1.54) is 11.0 Å². The summed E-state index contributed by atoms with van der Waals surface area (Å²) in [6, 6.07) is 16.1. The second kappa shape index (κ2) is 13.7. The first-order chi connectivity index (χ1) is 18.8. The number of amides is 2. The Morgan fingerprint density at radius 1 is 0.900 bits per heavy atom. The predicted molar refractivity (Wildman–Crippen MR) is 158 cm³/mol. The monoisotopic (exact) mass is 627 g/mol. The topological polar surface area (TPSA) is 86.8 Å². The zero-order valence-corrected chi connectivity index (χ0v) is 25.2. The Morgan fingerprint density at radius 2 is 1.57 bits per heavy atom. The van der Waals surface area contributed by atoms with Crippen molar-refractivity contribution in [1.82, 2.24) is 10.2 Å². The van der Waals surface area contributed by atoms with Gasteiger partial charge in [0.15, 0.2) is 0 Å². The molecule has 40 heavy (non-hydrogen) atoms. The van der Waals surface area contributed by atoms with Crippen LogP contribution in [0.2, 0.25) is 15.1 Å². The molecule has 1 N–H and O–H groups in total. The Hall–Kier alpha value is -2.85. The van der Waals surface area contributed by atoms with Crippen molar-refractivity contribution in [3.05, 3.63) is 98.7 Å². The summed E-state index contributed by atoms with van der Waals surface area (Å²) in [5, 5.41) is 3.14. The lowest BCUT2D eigenvalue weighted by atomic mass is 10.0. The van der Waals surface area contributed by atoms with Crippen LogP contribution < -0.4 is 9.62 Å². The third-order valence-corrected chi connectivity index (χ3v) is 8.08. The van der Waals surface area contributed by atoms with Gasteiger partial charge in [-0.3, -0.25) is 13.9 Å². The van der Waals surface area contributed by atoms with E-state index in [0.717, 1.165) is 28.3 Å². The van der Waals surface area contributed by atoms with Gasteiger partial charge in [0.1, 0.15) is 18.4 Å². The van der Waals surface area contributed by atoms with Gasteiger partial charge in [-0.25, -0.2) is 12.8 Å². The fourth-order valence-electron chi connectivity index (χ4n) is 4.02. The second-order valence-corrected chi connectivity index (χ2v) is 12.6. The second-order valence-electron chi connectivity index (χ2n) is 9.51. The van der Waals surface area contributed by atoms with Crippen molar-refractivity contribution in [2.24, 2.45) is 0 Å². The van der Waals surface area contributed by atoms with Gasteiger partial charge in [-0.2, -0.15) is 0 Å². The third-order valence-electron chi connectivity index (χ3n) is 5.91. The van der Waals surface area contributed by atoms with Crippen LogP contribution in [0.4, 0.5) is 10.1 Å². The molecule has 0 bridgehead atoms. The molecule has 12 heteroatoms. The number of benzene rings is 3. The predicted octanol–water partition coefficient (Wildman–Crippen LogP) is 5.72. The van der Waals surface area contributed by atoms with Crippen LogP contribution in [0.3, 0.4) is 0 Å². The fraction of sp³-hybridized carbons (Fsp3) is 0.286. The minimum absolute atomic E-state index is 0.00276. The molecule has 2 amide bonds. The Bertz CT molecular complexity index is 1470. The molecular formula is C28H29Cl3FN3O4S. The zero-order chi connectivity index (χ0) is 29.6. The van der Waals surface area contributed by atoms with Gasteiger partial charge >= 0.3 is 0 Å². The summed E-state index contributed by atoms with van der Waals surface area (Å²) in [5.74, 6) is -1.82. The first-order valence-corrected chi connectivity index (χ1v) is 15.2. The highest BCUT2D eigenvalue weighted by Gasteiger charge is 2.33. The van der Waals surface area contributed by atoms with Crippen LogP contribution in [0.25, 0.3) is 0 Å². The van der Waals surface area contributed by atoms with Gasteiger partial charge in [-0.15, -0.1) is 0 Å². The largest absolute Gasteiger partial charge is 0.352 e. The number of hydrogen-bond acceptors (Lipinski definition) is 4. The maximum absolute atomic E-state index is 14.0. The summed E-state index contributed by atoms with van der Waals surface area (Å²) in [6.45, 7) is 2.86. The lowest BCUT2D eigenvalue weighted by Crippen LogP contribution is -2.54. The molecular weight excluding hydrogens is 600 g/mol. The SMILES string of the molecule is CC(C)NC(=O)[C@H](Cc1ccccc1)N(Cc1ccc(Cl)c(Cl)c1)C(=O)CN(c1ccc(F)c(Cl)c1)S(C)(=O)=O. The Kier molecular flexibility index (Phi) is 10.8. The van der Waals surface area contributed by atoms with Crippen molar-refractivity contribution in [2.45, 2.75) is 38.9 Å². The van der Waals surface area contributed by atoms with Crippen LogP contribution >= 0.6 is 34.8 Å². The summed E-state index contributed by atoms with van der Waals surface area (Å²) >= 11 is 18.2. The molecule has 0 saturated carbocycles. The summed E-state index contributed by atoms with van der Waals surface area (Å²) in [7, 11) is -4.02. The maximum atomic E-state index is 14.0. The summed E-state index contributed by atoms with van der Waals surface area (Å²) in [5.41, 5.74) is 1.38. The Balaban J connectivity index is 2.08. The Labute approximate surface area is 248 Å². The standard InChI is InChI=1S/C28H29Cl3FN3O4S/c1-18(2)33-28(37)26(14-19-7-5-4-6-8-19)34(16-20-9-11-22(29)23(30)13-20)27(36)17-35(40(3,38)39)21-10-12-25(32)24(31)15-21/h4-13,15,18,26H,14,16-17H2,1-3H3,(H,33,37)/t26-/m0/s1. The van der Waals surface area contributed by atoms with Gasteiger partial charge in [0.25, 0.3) is 0 Å². The normalized spacial score (nSPS) is 12.2. The highest BCUT2D eigenvalue weighted by Crippen LogP contribution is 2.27. The molecule has 0 aromatic heterocycles. The number of rotatable bonds is 11. The van der Waals surface area contributed by atoms with Crippen molar-refractivity contribution < 1.29 is 22.4 Å². The molecule has 0 unspecified atom stereocenters. The van der Waals surface area contributed by atoms with Crippen LogP contribution in [-0.2, 0) is 32.6 Å². The van der Waals surface area contributed by atoms with E-state index in [0.29, 0.717) is 10.6 Å². The van der Waals surface area contributed by atoms with Gasteiger partial charge in [-0.05, 0) is 55.3 Å². The van der Waals surface area contributed by atoms with Crippen molar-refractivity contribution in [3.63, 3.8) is 0 Å². The first kappa shape index (κ1) is 31.7. The van der Waals surface area contributed by atoms with Crippen LogP contribution in [0.1, 0.15) is 25.0 Å². The Morgan fingerprint density at radius 3 is 2.15 bits per heavy atom. The minimum Gasteiger partial charge on any atom is -0.352 e. The van der Waals surface area contributed by atoms with Crippen molar-refractivity contribution in [1.29, 1.82) is 0 Å². The smallest absolute Gasteiger partial charge is 0.244 e. The van der Waals surface area contributed by atoms with Crippen molar-refractivity contribution >= 4 is 62.3 Å². The van der Waals surface area contributed by atoms with Crippen molar-refractivity contribution in [3.8, 4) is 0 Å². The fourth-order valence-corrected chi connectivity index (χ4v) is 5.36. The van der Waals surface area contributed by atoms with Gasteiger partial charge in [0, 0.05) is 19.0 Å². The van der Waals surface area contributed by atoms with E-state index in [1.54, 1.807) is 32.0 Å². The zero-order valence-electron chi connectivity index (χ0n) is 22.1. The number of anilines is 1. The van der Waals surface area contributed by atoms with E-state index in [2.05, 4.69) is 5.32 Å². The number of carbonyl (C=O) groups excluding carboxylic acids is 2. The number of hydrogen-bond donors (Lipinski definition) is 1. The average Bonchev–Trinajstić information content (AvgIpc) is 2.88. The minimum atomic E-state index is -4.02. The first-order valence-electron chi connectivity index (χ1n) is 12.3. The van der Waals surface area contributed by atoms with E-state index in [-0.39, 0.29) is 34.7 Å². The highest BCUT2D eigenvalue weighted by molar-refractivity contribution is 7.92. The van der Waals surface area contributed by atoms with Crippen LogP contribution in [-0.4, -0.2) is 50.0 Å². The van der Waals surface area contributed by atoms with E-state index in [4.69, 9.17) is 34.8 Å². The number of sulfonamides is 1. The molecule has 1 atom stereocenters. The van der Waals surface area contributed by atoms with Gasteiger partial charge < -0.3 is 10.2 Å². The maximum Gasteiger partial charge on any atom is 0.244 e. The molecule has 3 aromatic carbocycles. The molecule has 0 spiro atoms. The molecule has 214 valence electrons. The summed E-state index contributed by atoms with van der Waals surface area (Å²) < 4.78 is 40.2. The summed E-state index contributed by atoms with van der Waals surface area (Å²) in [6.07, 6.45) is 1.08. The number of carbonyl (C=O) groups is 2. The number of nitrogens with zero attached hydrogens (tertiary/aromatic N) is 2. The molecule has 7 nitrogen and oxygen atoms in total. The lowest BCUT2D eigenvalue weighted by Gasteiger charge is -2.34. The van der Waals surface area contributed by atoms with E-state index >= 15 is 0 Å². The summed E-state index contributed by atoms with van der Waals surface area (Å²) in [4.78, 5) is 28.8. The average molecular weight is 629 g/mol. The van der Waals surface area contributed by atoms with Gasteiger partial charge in [0.2, 0.25) is 21.8 Å². The molecule has 0 aliphatic heterocycles. The molecule has 0 saturated heterocycles. The van der Waals surface area contributed by atoms with E-state index in [1.807, 2.05) is 30.3 Å². The molecule has 0 fully saturated rings. The molecule has 0 aliphatic carbocycles. The van der Waals surface area contributed by atoms with Crippen LogP contribution in [0.15, 0.2) is 66.7 Å². The molecule has 0 heterocycles. The lowest BCUT2D eigenvalue weighted by molar-refractivity contribution is -0.140. The van der Waals surface area contributed by atoms with Crippen molar-refractivity contribution in [2.75, 3.05) is 17.1 Å². The molecule has 3 rings (SSSR count). The van der Waals surface area contributed by atoms with E-state index < -0.39 is 40.2 Å². The molecule has 0 radical (unpaired) electrons. The third kappa shape index (κ3) is 8.57. The van der Waals surface area contributed by atoms with E-state index in [9.17, 15) is 22.4 Å². The van der Waals surface area contributed by atoms with Gasteiger partial charge in [0.05, 0.1) is 27.0 Å². The highest BCUT2D eigenvalue weighted by atomic mass is 35.5. The van der Waals surface area contributed by atoms with Gasteiger partial charge in [-0.1, -0.05) is 71.2 Å². The van der Waals surface area contributed by atoms with Crippen LogP contribution in [0.5, 0.6) is 0 Å². The quantitative estimate of drug-likeness (QED) is 0.295. The number of halogens is 4. The molecule has 0 aliphatic rings.